The zero-order chi connectivity index (χ0) is 12.8. The summed E-state index contributed by atoms with van der Waals surface area (Å²) in [4.78, 5) is 10.8. The highest BCUT2D eigenvalue weighted by molar-refractivity contribution is 5.24. The van der Waals surface area contributed by atoms with E-state index in [4.69, 9.17) is 5.73 Å². The number of piperidine rings is 1. The van der Waals surface area contributed by atoms with Gasteiger partial charge in [-0.15, -0.1) is 0 Å². The lowest BCUT2D eigenvalue weighted by Crippen LogP contribution is -2.33. The van der Waals surface area contributed by atoms with Crippen molar-refractivity contribution in [2.75, 3.05) is 32.4 Å². The smallest absolute Gasteiger partial charge is 0.144 e. The highest BCUT2D eigenvalue weighted by Gasteiger charge is 2.16. The van der Waals surface area contributed by atoms with Crippen LogP contribution < -0.4 is 11.1 Å². The molecule has 1 saturated heterocycles. The minimum absolute atomic E-state index is 0.538. The van der Waals surface area contributed by atoms with E-state index in [0.717, 1.165) is 18.3 Å². The van der Waals surface area contributed by atoms with Gasteiger partial charge in [-0.1, -0.05) is 0 Å². The summed E-state index contributed by atoms with van der Waals surface area (Å²) in [7, 11) is 2.21. The van der Waals surface area contributed by atoms with Gasteiger partial charge in [0.2, 0.25) is 0 Å². The van der Waals surface area contributed by atoms with Gasteiger partial charge in [-0.3, -0.25) is 0 Å². The Bertz CT molecular complexity index is 368. The van der Waals surface area contributed by atoms with Crippen LogP contribution in [0.1, 0.15) is 25.1 Å². The van der Waals surface area contributed by atoms with E-state index >= 15 is 0 Å². The summed E-state index contributed by atoms with van der Waals surface area (Å²) in [5, 5.41) is 3.39. The zero-order valence-corrected chi connectivity index (χ0v) is 11.1. The van der Waals surface area contributed by atoms with Crippen LogP contribution in [0.15, 0.2) is 12.3 Å². The molecule has 3 N–H and O–H groups in total. The number of anilines is 1. The van der Waals surface area contributed by atoms with Gasteiger partial charge in [0.25, 0.3) is 0 Å². The third-order valence-electron chi connectivity index (χ3n) is 3.46. The molecule has 0 bridgehead atoms. The predicted octanol–water partition coefficient (Wildman–Crippen LogP) is 0.880. The Morgan fingerprint density at radius 2 is 2.44 bits per heavy atom. The molecule has 18 heavy (non-hydrogen) atoms. The Morgan fingerprint density at radius 1 is 1.56 bits per heavy atom. The molecule has 2 rings (SSSR count). The first-order chi connectivity index (χ1) is 8.74. The number of nitrogens with two attached hydrogens (primary N) is 1. The van der Waals surface area contributed by atoms with Crippen molar-refractivity contribution in [1.82, 2.24) is 20.2 Å². The van der Waals surface area contributed by atoms with E-state index in [0.29, 0.717) is 12.4 Å². The van der Waals surface area contributed by atoms with Crippen molar-refractivity contribution >= 4 is 5.82 Å². The average molecular weight is 249 g/mol. The zero-order valence-electron chi connectivity index (χ0n) is 11.1. The van der Waals surface area contributed by atoms with Crippen LogP contribution in [0.3, 0.4) is 0 Å². The van der Waals surface area contributed by atoms with E-state index in [1.54, 1.807) is 12.3 Å². The largest absolute Gasteiger partial charge is 0.384 e. The van der Waals surface area contributed by atoms with Crippen molar-refractivity contribution in [3.63, 3.8) is 0 Å². The maximum atomic E-state index is 5.61. The molecule has 0 radical (unpaired) electrons. The molecule has 0 saturated carbocycles. The minimum atomic E-state index is 0.538. The lowest BCUT2D eigenvalue weighted by atomic mass is 9.95. The van der Waals surface area contributed by atoms with Crippen LogP contribution in [-0.2, 0) is 6.54 Å². The summed E-state index contributed by atoms with van der Waals surface area (Å²) in [5.74, 6) is 2.14. The second-order valence-electron chi connectivity index (χ2n) is 5.13. The second-order valence-corrected chi connectivity index (χ2v) is 5.13. The fraction of sp³-hybridized carbons (Fsp3) is 0.692. The molecule has 100 valence electrons. The van der Waals surface area contributed by atoms with Gasteiger partial charge in [0.15, 0.2) is 0 Å². The van der Waals surface area contributed by atoms with Crippen LogP contribution in [0, 0.1) is 5.92 Å². The third kappa shape index (κ3) is 4.23. The van der Waals surface area contributed by atoms with E-state index in [-0.39, 0.29) is 0 Å². The van der Waals surface area contributed by atoms with Crippen molar-refractivity contribution in [3.8, 4) is 0 Å². The van der Waals surface area contributed by atoms with Gasteiger partial charge in [-0.2, -0.15) is 0 Å². The van der Waals surface area contributed by atoms with E-state index in [9.17, 15) is 0 Å². The van der Waals surface area contributed by atoms with E-state index < -0.39 is 0 Å². The summed E-state index contributed by atoms with van der Waals surface area (Å²) in [5.41, 5.74) is 5.61. The van der Waals surface area contributed by atoms with Crippen molar-refractivity contribution in [1.29, 1.82) is 0 Å². The monoisotopic (exact) mass is 249 g/mol. The molecule has 1 unspecified atom stereocenters. The molecule has 1 aliphatic rings. The molecule has 0 aromatic carbocycles. The van der Waals surface area contributed by atoms with Crippen LogP contribution in [0.4, 0.5) is 5.82 Å². The van der Waals surface area contributed by atoms with E-state index in [1.165, 1.54) is 32.4 Å². The lowest BCUT2D eigenvalue weighted by molar-refractivity contribution is 0.201. The maximum Gasteiger partial charge on any atom is 0.144 e. The fourth-order valence-corrected chi connectivity index (χ4v) is 2.52. The molecule has 1 aromatic rings. The molecule has 0 amide bonds. The normalized spacial score (nSPS) is 21.1. The van der Waals surface area contributed by atoms with Crippen LogP contribution in [0.25, 0.3) is 0 Å². The molecule has 5 heteroatoms. The molecule has 5 nitrogen and oxygen atoms in total. The Morgan fingerprint density at radius 3 is 3.22 bits per heavy atom. The van der Waals surface area contributed by atoms with Crippen molar-refractivity contribution in [2.45, 2.75) is 25.8 Å². The molecule has 1 fully saturated rings. The Labute approximate surface area is 109 Å². The Kier molecular flexibility index (Phi) is 4.90. The van der Waals surface area contributed by atoms with Crippen LogP contribution in [0.5, 0.6) is 0 Å². The summed E-state index contributed by atoms with van der Waals surface area (Å²) in [6.07, 6.45) is 5.63. The first-order valence-corrected chi connectivity index (χ1v) is 6.70. The number of aromatic nitrogens is 2. The highest BCUT2D eigenvalue weighted by atomic mass is 15.1. The topological polar surface area (TPSA) is 67.1 Å². The molecule has 1 aliphatic heterocycles. The number of rotatable bonds is 5. The molecular formula is C13H23N5. The van der Waals surface area contributed by atoms with Gasteiger partial charge in [0.05, 0.1) is 6.54 Å². The average Bonchev–Trinajstić information content (AvgIpc) is 2.35. The Balaban J connectivity index is 1.64. The first kappa shape index (κ1) is 13.2. The van der Waals surface area contributed by atoms with Gasteiger partial charge in [-0.25, -0.2) is 9.97 Å². The van der Waals surface area contributed by atoms with E-state index in [2.05, 4.69) is 27.2 Å². The molecule has 1 aromatic heterocycles. The lowest BCUT2D eigenvalue weighted by Gasteiger charge is -2.29. The molecule has 1 atom stereocenters. The van der Waals surface area contributed by atoms with E-state index in [1.807, 2.05) is 0 Å². The van der Waals surface area contributed by atoms with Crippen LogP contribution >= 0.6 is 0 Å². The van der Waals surface area contributed by atoms with Gasteiger partial charge in [0, 0.05) is 12.7 Å². The van der Waals surface area contributed by atoms with Crippen molar-refractivity contribution in [3.05, 3.63) is 18.1 Å². The number of hydrogen-bond donors (Lipinski definition) is 2. The number of nitrogen functional groups attached to an aromatic ring is 1. The van der Waals surface area contributed by atoms with Gasteiger partial charge in [-0.05, 0) is 51.4 Å². The summed E-state index contributed by atoms with van der Waals surface area (Å²) < 4.78 is 0. The number of hydrogen-bond acceptors (Lipinski definition) is 5. The summed E-state index contributed by atoms with van der Waals surface area (Å²) >= 11 is 0. The summed E-state index contributed by atoms with van der Waals surface area (Å²) in [6, 6.07) is 1.71. The van der Waals surface area contributed by atoms with Crippen molar-refractivity contribution in [2.24, 2.45) is 5.92 Å². The second kappa shape index (κ2) is 6.66. The maximum absolute atomic E-state index is 5.61. The first-order valence-electron chi connectivity index (χ1n) is 6.70. The standard InChI is InChI=1S/C13H23N5/c1-18-8-2-3-11(10-18)4-6-15-9-13-16-7-5-12(14)17-13/h5,7,11,15H,2-4,6,8-10H2,1H3,(H2,14,16,17). The third-order valence-corrected chi connectivity index (χ3v) is 3.46. The van der Waals surface area contributed by atoms with Crippen LogP contribution in [-0.4, -0.2) is 41.5 Å². The van der Waals surface area contributed by atoms with Crippen molar-refractivity contribution < 1.29 is 0 Å². The fourth-order valence-electron chi connectivity index (χ4n) is 2.52. The SMILES string of the molecule is CN1CCCC(CCNCc2nccc(N)n2)C1. The number of nitrogens with zero attached hydrogens (tertiary/aromatic N) is 3. The summed E-state index contributed by atoms with van der Waals surface area (Å²) in [6.45, 7) is 4.21. The molecule has 0 spiro atoms. The molecule has 0 aliphatic carbocycles. The number of likely N-dealkylation sites (tertiary alicyclic amines) is 1. The Hall–Kier alpha value is -1.20. The van der Waals surface area contributed by atoms with Gasteiger partial charge >= 0.3 is 0 Å². The number of nitrogens with one attached hydrogen (secondary N) is 1. The van der Waals surface area contributed by atoms with Gasteiger partial charge < -0.3 is 16.0 Å². The molecular weight excluding hydrogens is 226 g/mol. The van der Waals surface area contributed by atoms with Gasteiger partial charge in [0.1, 0.15) is 11.6 Å². The minimum Gasteiger partial charge on any atom is -0.384 e. The quantitative estimate of drug-likeness (QED) is 0.758. The van der Waals surface area contributed by atoms with Crippen LogP contribution in [0.2, 0.25) is 0 Å². The highest BCUT2D eigenvalue weighted by Crippen LogP contribution is 2.17. The molecule has 2 heterocycles. The predicted molar refractivity (Wildman–Crippen MR) is 73.0 cm³/mol.